The van der Waals surface area contributed by atoms with Crippen molar-refractivity contribution in [2.24, 2.45) is 5.92 Å². The monoisotopic (exact) mass is 316 g/mol. The maximum Gasteiger partial charge on any atom is 0.329 e. The van der Waals surface area contributed by atoms with Crippen molar-refractivity contribution in [1.82, 2.24) is 10.2 Å². The van der Waals surface area contributed by atoms with Gasteiger partial charge in [0.05, 0.1) is 5.92 Å². The standard InChI is InChI=1S/C17H20N2O4/c20-14-10-13(15(21)18-17(7-8-17)16(22)23)11-19(14)9-6-12-4-2-1-3-5-12/h1-5,13H,6-11H2,(H,18,21)(H,22,23)/t13-/m1/s1. The summed E-state index contributed by atoms with van der Waals surface area (Å²) in [5.41, 5.74) is 0.0634. The van der Waals surface area contributed by atoms with Crippen molar-refractivity contribution in [1.29, 1.82) is 0 Å². The Morgan fingerprint density at radius 1 is 1.26 bits per heavy atom. The van der Waals surface area contributed by atoms with Crippen LogP contribution in [0.4, 0.5) is 0 Å². The van der Waals surface area contributed by atoms with Gasteiger partial charge in [0.15, 0.2) is 0 Å². The third kappa shape index (κ3) is 3.36. The second-order valence-corrected chi connectivity index (χ2v) is 6.35. The number of carboxylic acids is 1. The predicted molar refractivity (Wildman–Crippen MR) is 82.6 cm³/mol. The number of carbonyl (C=O) groups excluding carboxylic acids is 2. The summed E-state index contributed by atoms with van der Waals surface area (Å²) in [7, 11) is 0. The summed E-state index contributed by atoms with van der Waals surface area (Å²) in [6, 6.07) is 9.88. The third-order valence-corrected chi connectivity index (χ3v) is 4.62. The van der Waals surface area contributed by atoms with E-state index in [1.54, 1.807) is 4.90 Å². The molecule has 0 spiro atoms. The van der Waals surface area contributed by atoms with Crippen molar-refractivity contribution >= 4 is 17.8 Å². The van der Waals surface area contributed by atoms with Gasteiger partial charge in [-0.1, -0.05) is 30.3 Å². The molecule has 1 saturated carbocycles. The lowest BCUT2D eigenvalue weighted by Crippen LogP contribution is -2.46. The molecule has 23 heavy (non-hydrogen) atoms. The zero-order valence-corrected chi connectivity index (χ0v) is 12.8. The van der Waals surface area contributed by atoms with Gasteiger partial charge in [-0.05, 0) is 24.8 Å². The van der Waals surface area contributed by atoms with E-state index in [1.165, 1.54) is 0 Å². The molecule has 0 unspecified atom stereocenters. The number of hydrogen-bond acceptors (Lipinski definition) is 3. The molecule has 2 aliphatic rings. The molecule has 1 aliphatic carbocycles. The van der Waals surface area contributed by atoms with Gasteiger partial charge in [-0.3, -0.25) is 9.59 Å². The predicted octanol–water partition coefficient (Wildman–Crippen LogP) is 0.811. The molecule has 1 saturated heterocycles. The summed E-state index contributed by atoms with van der Waals surface area (Å²) < 4.78 is 0. The number of likely N-dealkylation sites (tertiary alicyclic amines) is 1. The molecule has 2 N–H and O–H groups in total. The Morgan fingerprint density at radius 2 is 1.96 bits per heavy atom. The highest BCUT2D eigenvalue weighted by atomic mass is 16.4. The van der Waals surface area contributed by atoms with Crippen LogP contribution in [0.3, 0.4) is 0 Å². The first-order valence-electron chi connectivity index (χ1n) is 7.87. The van der Waals surface area contributed by atoms with Crippen LogP contribution >= 0.6 is 0 Å². The molecule has 0 bridgehead atoms. The molecule has 1 aromatic rings. The average molecular weight is 316 g/mol. The Hall–Kier alpha value is -2.37. The van der Waals surface area contributed by atoms with Gasteiger partial charge in [0.25, 0.3) is 0 Å². The van der Waals surface area contributed by atoms with Gasteiger partial charge in [-0.25, -0.2) is 4.79 Å². The van der Waals surface area contributed by atoms with E-state index in [2.05, 4.69) is 5.32 Å². The second kappa shape index (κ2) is 6.02. The fraction of sp³-hybridized carbons (Fsp3) is 0.471. The van der Waals surface area contributed by atoms with Gasteiger partial charge in [-0.15, -0.1) is 0 Å². The molecule has 6 nitrogen and oxygen atoms in total. The highest BCUT2D eigenvalue weighted by Crippen LogP contribution is 2.36. The Kier molecular flexibility index (Phi) is 4.07. The maximum atomic E-state index is 12.2. The molecule has 0 radical (unpaired) electrons. The minimum atomic E-state index is -1.09. The number of rotatable bonds is 6. The number of nitrogens with one attached hydrogen (secondary N) is 1. The first-order valence-corrected chi connectivity index (χ1v) is 7.87. The van der Waals surface area contributed by atoms with E-state index in [9.17, 15) is 14.4 Å². The molecule has 1 heterocycles. The smallest absolute Gasteiger partial charge is 0.329 e. The summed E-state index contributed by atoms with van der Waals surface area (Å²) in [6.45, 7) is 0.948. The highest BCUT2D eigenvalue weighted by molar-refractivity contribution is 5.94. The highest BCUT2D eigenvalue weighted by Gasteiger charge is 2.52. The molecule has 122 valence electrons. The van der Waals surface area contributed by atoms with Crippen LogP contribution < -0.4 is 5.32 Å². The van der Waals surface area contributed by atoms with E-state index in [1.807, 2.05) is 30.3 Å². The molecule has 2 amide bonds. The van der Waals surface area contributed by atoms with E-state index in [0.29, 0.717) is 25.9 Å². The molecule has 1 aromatic carbocycles. The summed E-state index contributed by atoms with van der Waals surface area (Å²) in [5, 5.41) is 11.7. The fourth-order valence-electron chi connectivity index (χ4n) is 2.93. The largest absolute Gasteiger partial charge is 0.480 e. The molecular weight excluding hydrogens is 296 g/mol. The number of aliphatic carboxylic acids is 1. The molecule has 1 atom stereocenters. The Balaban J connectivity index is 1.53. The lowest BCUT2D eigenvalue weighted by Gasteiger charge is -2.18. The Morgan fingerprint density at radius 3 is 2.57 bits per heavy atom. The number of carbonyl (C=O) groups is 3. The van der Waals surface area contributed by atoms with Gasteiger partial charge in [0, 0.05) is 19.5 Å². The molecule has 0 aromatic heterocycles. The Bertz CT molecular complexity index is 625. The van der Waals surface area contributed by atoms with E-state index < -0.39 is 17.4 Å². The normalized spacial score (nSPS) is 22.0. The first-order chi connectivity index (χ1) is 11.0. The number of amides is 2. The van der Waals surface area contributed by atoms with E-state index in [0.717, 1.165) is 12.0 Å². The Labute approximate surface area is 134 Å². The van der Waals surface area contributed by atoms with Crippen molar-refractivity contribution in [3.05, 3.63) is 35.9 Å². The number of nitrogens with zero attached hydrogens (tertiary/aromatic N) is 1. The van der Waals surface area contributed by atoms with Crippen molar-refractivity contribution < 1.29 is 19.5 Å². The van der Waals surface area contributed by atoms with Crippen molar-refractivity contribution in [2.75, 3.05) is 13.1 Å². The molecule has 2 fully saturated rings. The van der Waals surface area contributed by atoms with Gasteiger partial charge in [0.2, 0.25) is 11.8 Å². The molecule has 3 rings (SSSR count). The van der Waals surface area contributed by atoms with Crippen LogP contribution in [0.1, 0.15) is 24.8 Å². The van der Waals surface area contributed by atoms with Crippen molar-refractivity contribution in [3.8, 4) is 0 Å². The SMILES string of the molecule is O=C(NC1(C(=O)O)CC1)[C@@H]1CC(=O)N(CCc2ccccc2)C1. The summed E-state index contributed by atoms with van der Waals surface area (Å²) in [6.07, 6.45) is 1.84. The average Bonchev–Trinajstić information content (AvgIpc) is 3.22. The summed E-state index contributed by atoms with van der Waals surface area (Å²) >= 11 is 0. The number of benzene rings is 1. The zero-order valence-electron chi connectivity index (χ0n) is 12.8. The van der Waals surface area contributed by atoms with Crippen LogP contribution in [0.25, 0.3) is 0 Å². The third-order valence-electron chi connectivity index (χ3n) is 4.62. The lowest BCUT2D eigenvalue weighted by molar-refractivity contribution is -0.143. The van der Waals surface area contributed by atoms with Crippen molar-refractivity contribution in [2.45, 2.75) is 31.2 Å². The zero-order chi connectivity index (χ0) is 16.4. The fourth-order valence-corrected chi connectivity index (χ4v) is 2.93. The van der Waals surface area contributed by atoms with Crippen LogP contribution in [0.2, 0.25) is 0 Å². The molecule has 1 aliphatic heterocycles. The second-order valence-electron chi connectivity index (χ2n) is 6.35. The van der Waals surface area contributed by atoms with Crippen LogP contribution in [0.15, 0.2) is 30.3 Å². The van der Waals surface area contributed by atoms with E-state index in [-0.39, 0.29) is 18.2 Å². The van der Waals surface area contributed by atoms with Crippen LogP contribution in [0, 0.1) is 5.92 Å². The van der Waals surface area contributed by atoms with E-state index >= 15 is 0 Å². The van der Waals surface area contributed by atoms with Crippen LogP contribution in [-0.4, -0.2) is 46.4 Å². The first kappa shape index (κ1) is 15.5. The number of carboxylic acid groups (broad SMARTS) is 1. The number of hydrogen-bond donors (Lipinski definition) is 2. The summed E-state index contributed by atoms with van der Waals surface area (Å²) in [5.74, 6) is -1.80. The minimum Gasteiger partial charge on any atom is -0.480 e. The van der Waals surface area contributed by atoms with E-state index in [4.69, 9.17) is 5.11 Å². The van der Waals surface area contributed by atoms with Gasteiger partial charge in [0.1, 0.15) is 5.54 Å². The van der Waals surface area contributed by atoms with Crippen LogP contribution in [0.5, 0.6) is 0 Å². The van der Waals surface area contributed by atoms with Crippen LogP contribution in [-0.2, 0) is 20.8 Å². The van der Waals surface area contributed by atoms with Gasteiger partial charge >= 0.3 is 5.97 Å². The quantitative estimate of drug-likeness (QED) is 0.813. The van der Waals surface area contributed by atoms with Gasteiger partial charge in [-0.2, -0.15) is 0 Å². The van der Waals surface area contributed by atoms with Gasteiger partial charge < -0.3 is 15.3 Å². The molecular formula is C17H20N2O4. The topological polar surface area (TPSA) is 86.7 Å². The van der Waals surface area contributed by atoms with Crippen molar-refractivity contribution in [3.63, 3.8) is 0 Å². The minimum absolute atomic E-state index is 0.0405. The maximum absolute atomic E-state index is 12.2. The molecule has 6 heteroatoms. The lowest BCUT2D eigenvalue weighted by atomic mass is 10.1. The summed E-state index contributed by atoms with van der Waals surface area (Å²) in [4.78, 5) is 37.1.